The molecule has 4 aromatic rings. The van der Waals surface area contributed by atoms with Crippen molar-refractivity contribution in [3.05, 3.63) is 74.9 Å². The standard InChI is InChI=1S/C22H19N3O3S/c1-12(2)21-24-25-22(29-21)23-20(27)15-7-5-14(6-8-15)19-11-17(26)16-10-13(3)4-9-18(16)28-19/h4-12H,1-3H3,(H,23,25,27). The maximum atomic E-state index is 12.5. The molecule has 0 spiro atoms. The number of nitrogens with one attached hydrogen (secondary N) is 1. The molecule has 1 amide bonds. The molecule has 29 heavy (non-hydrogen) atoms. The Morgan fingerprint density at radius 2 is 1.83 bits per heavy atom. The van der Waals surface area contributed by atoms with Gasteiger partial charge in [0.1, 0.15) is 16.4 Å². The van der Waals surface area contributed by atoms with E-state index in [1.807, 2.05) is 32.9 Å². The van der Waals surface area contributed by atoms with Gasteiger partial charge in [-0.25, -0.2) is 0 Å². The molecular weight excluding hydrogens is 386 g/mol. The Hall–Kier alpha value is -3.32. The molecule has 2 heterocycles. The number of carbonyl (C=O) groups excluding carboxylic acids is 1. The normalized spacial score (nSPS) is 11.2. The van der Waals surface area contributed by atoms with Gasteiger partial charge in [-0.05, 0) is 31.2 Å². The van der Waals surface area contributed by atoms with E-state index in [2.05, 4.69) is 15.5 Å². The minimum absolute atomic E-state index is 0.0935. The van der Waals surface area contributed by atoms with Gasteiger partial charge in [0.2, 0.25) is 5.13 Å². The highest BCUT2D eigenvalue weighted by Crippen LogP contribution is 2.25. The first-order chi connectivity index (χ1) is 13.9. The van der Waals surface area contributed by atoms with Crippen LogP contribution < -0.4 is 10.7 Å². The lowest BCUT2D eigenvalue weighted by atomic mass is 10.1. The van der Waals surface area contributed by atoms with Gasteiger partial charge >= 0.3 is 0 Å². The molecule has 4 rings (SSSR count). The number of aryl methyl sites for hydroxylation is 1. The van der Waals surface area contributed by atoms with Crippen LogP contribution in [0.5, 0.6) is 0 Å². The van der Waals surface area contributed by atoms with Crippen LogP contribution in [-0.2, 0) is 0 Å². The lowest BCUT2D eigenvalue weighted by Crippen LogP contribution is -2.11. The smallest absolute Gasteiger partial charge is 0.257 e. The van der Waals surface area contributed by atoms with E-state index < -0.39 is 0 Å². The monoisotopic (exact) mass is 405 g/mol. The molecule has 0 aliphatic heterocycles. The number of anilines is 1. The number of benzene rings is 2. The highest BCUT2D eigenvalue weighted by atomic mass is 32.1. The number of fused-ring (bicyclic) bond motifs is 1. The molecule has 0 saturated carbocycles. The Morgan fingerprint density at radius 3 is 2.52 bits per heavy atom. The van der Waals surface area contributed by atoms with E-state index in [9.17, 15) is 9.59 Å². The van der Waals surface area contributed by atoms with Gasteiger partial charge in [-0.1, -0.05) is 48.9 Å². The van der Waals surface area contributed by atoms with Crippen LogP contribution in [0.4, 0.5) is 5.13 Å². The minimum atomic E-state index is -0.265. The fraction of sp³-hybridized carbons (Fsp3) is 0.182. The van der Waals surface area contributed by atoms with Crippen molar-refractivity contribution < 1.29 is 9.21 Å². The van der Waals surface area contributed by atoms with Crippen LogP contribution in [-0.4, -0.2) is 16.1 Å². The topological polar surface area (TPSA) is 85.1 Å². The second-order valence-corrected chi connectivity index (χ2v) is 8.12. The largest absolute Gasteiger partial charge is 0.456 e. The summed E-state index contributed by atoms with van der Waals surface area (Å²) in [7, 11) is 0. The zero-order chi connectivity index (χ0) is 20.5. The summed E-state index contributed by atoms with van der Waals surface area (Å²) in [5.74, 6) is 0.459. The molecule has 6 nitrogen and oxygen atoms in total. The Labute approximate surface area is 171 Å². The third kappa shape index (κ3) is 3.95. The zero-order valence-corrected chi connectivity index (χ0v) is 17.0. The molecule has 0 bridgehead atoms. The van der Waals surface area contributed by atoms with Crippen molar-refractivity contribution in [2.45, 2.75) is 26.7 Å². The SMILES string of the molecule is Cc1ccc2oc(-c3ccc(C(=O)Nc4nnc(C(C)C)s4)cc3)cc(=O)c2c1. The van der Waals surface area contributed by atoms with Gasteiger partial charge in [-0.3, -0.25) is 14.9 Å². The molecule has 0 unspecified atom stereocenters. The summed E-state index contributed by atoms with van der Waals surface area (Å²) < 4.78 is 5.89. The van der Waals surface area contributed by atoms with Gasteiger partial charge < -0.3 is 4.42 Å². The molecule has 0 aliphatic carbocycles. The number of hydrogen-bond donors (Lipinski definition) is 1. The average molecular weight is 405 g/mol. The van der Waals surface area contributed by atoms with E-state index in [-0.39, 0.29) is 17.3 Å². The summed E-state index contributed by atoms with van der Waals surface area (Å²) in [6.07, 6.45) is 0. The maximum absolute atomic E-state index is 12.5. The van der Waals surface area contributed by atoms with E-state index in [0.29, 0.717) is 27.4 Å². The summed E-state index contributed by atoms with van der Waals surface area (Å²) in [4.78, 5) is 24.9. The quantitative estimate of drug-likeness (QED) is 0.517. The molecular formula is C22H19N3O3S. The van der Waals surface area contributed by atoms with E-state index in [4.69, 9.17) is 4.42 Å². The van der Waals surface area contributed by atoms with Crippen molar-refractivity contribution in [3.8, 4) is 11.3 Å². The summed E-state index contributed by atoms with van der Waals surface area (Å²) >= 11 is 1.36. The average Bonchev–Trinajstić information content (AvgIpc) is 3.17. The molecule has 7 heteroatoms. The van der Waals surface area contributed by atoms with Crippen LogP contribution in [0.25, 0.3) is 22.3 Å². The first-order valence-electron chi connectivity index (χ1n) is 9.20. The number of hydrogen-bond acceptors (Lipinski definition) is 6. The molecule has 0 atom stereocenters. The molecule has 2 aromatic carbocycles. The van der Waals surface area contributed by atoms with Gasteiger partial charge in [0.25, 0.3) is 5.91 Å². The van der Waals surface area contributed by atoms with Crippen LogP contribution in [0.1, 0.15) is 40.7 Å². The third-order valence-corrected chi connectivity index (χ3v) is 5.61. The minimum Gasteiger partial charge on any atom is -0.456 e. The predicted octanol–water partition coefficient (Wildman–Crippen LogP) is 5.00. The fourth-order valence-corrected chi connectivity index (χ4v) is 3.63. The van der Waals surface area contributed by atoms with E-state index >= 15 is 0 Å². The van der Waals surface area contributed by atoms with Gasteiger partial charge in [-0.2, -0.15) is 0 Å². The van der Waals surface area contributed by atoms with Gasteiger partial charge in [-0.15, -0.1) is 10.2 Å². The van der Waals surface area contributed by atoms with Crippen LogP contribution in [0, 0.1) is 6.92 Å². The van der Waals surface area contributed by atoms with Crippen LogP contribution in [0.2, 0.25) is 0 Å². The van der Waals surface area contributed by atoms with Gasteiger partial charge in [0.05, 0.1) is 5.39 Å². The molecule has 0 fully saturated rings. The molecule has 0 radical (unpaired) electrons. The molecule has 0 aliphatic rings. The predicted molar refractivity (Wildman–Crippen MR) is 115 cm³/mol. The van der Waals surface area contributed by atoms with Crippen molar-refractivity contribution in [1.29, 1.82) is 0 Å². The molecule has 0 saturated heterocycles. The number of nitrogens with zero attached hydrogens (tertiary/aromatic N) is 2. The summed E-state index contributed by atoms with van der Waals surface area (Å²) in [5.41, 5.74) is 2.65. The Bertz CT molecular complexity index is 1260. The Morgan fingerprint density at radius 1 is 1.07 bits per heavy atom. The highest BCUT2D eigenvalue weighted by Gasteiger charge is 2.13. The molecule has 2 aromatic heterocycles. The van der Waals surface area contributed by atoms with Crippen LogP contribution in [0.15, 0.2) is 57.7 Å². The second kappa shape index (κ2) is 7.60. The summed E-state index contributed by atoms with van der Waals surface area (Å²) in [6.45, 7) is 5.98. The molecule has 1 N–H and O–H groups in total. The lowest BCUT2D eigenvalue weighted by molar-refractivity contribution is 0.102. The third-order valence-electron chi connectivity index (χ3n) is 4.47. The van der Waals surface area contributed by atoms with Crippen molar-refractivity contribution in [2.75, 3.05) is 5.32 Å². The number of carbonyl (C=O) groups is 1. The first-order valence-corrected chi connectivity index (χ1v) is 10.0. The summed E-state index contributed by atoms with van der Waals surface area (Å²) in [6, 6.07) is 13.9. The van der Waals surface area contributed by atoms with Crippen molar-refractivity contribution in [1.82, 2.24) is 10.2 Å². The number of rotatable bonds is 4. The number of amides is 1. The zero-order valence-electron chi connectivity index (χ0n) is 16.2. The van der Waals surface area contributed by atoms with Crippen molar-refractivity contribution in [2.24, 2.45) is 0 Å². The lowest BCUT2D eigenvalue weighted by Gasteiger charge is -2.05. The van der Waals surface area contributed by atoms with Crippen LogP contribution >= 0.6 is 11.3 Å². The van der Waals surface area contributed by atoms with Gasteiger partial charge in [0, 0.05) is 23.1 Å². The van der Waals surface area contributed by atoms with E-state index in [1.54, 1.807) is 30.3 Å². The second-order valence-electron chi connectivity index (χ2n) is 7.11. The van der Waals surface area contributed by atoms with Crippen LogP contribution in [0.3, 0.4) is 0 Å². The van der Waals surface area contributed by atoms with Crippen molar-refractivity contribution in [3.63, 3.8) is 0 Å². The first kappa shape index (κ1) is 19.0. The summed E-state index contributed by atoms with van der Waals surface area (Å²) in [5, 5.41) is 12.7. The molecule has 146 valence electrons. The van der Waals surface area contributed by atoms with E-state index in [0.717, 1.165) is 16.1 Å². The Balaban J connectivity index is 1.57. The number of aromatic nitrogens is 2. The Kier molecular flexibility index (Phi) is 4.98. The fourth-order valence-electron chi connectivity index (χ4n) is 2.89. The van der Waals surface area contributed by atoms with E-state index in [1.165, 1.54) is 17.4 Å². The van der Waals surface area contributed by atoms with Crippen molar-refractivity contribution >= 4 is 33.3 Å². The maximum Gasteiger partial charge on any atom is 0.257 e. The van der Waals surface area contributed by atoms with Gasteiger partial charge in [0.15, 0.2) is 5.43 Å². The highest BCUT2D eigenvalue weighted by molar-refractivity contribution is 7.15.